The molecule has 1 aliphatic rings. The number of halogens is 9. The Morgan fingerprint density at radius 1 is 0.821 bits per heavy atom. The van der Waals surface area contributed by atoms with E-state index in [1.54, 1.807) is 30.0 Å². The van der Waals surface area contributed by atoms with Gasteiger partial charge in [0.2, 0.25) is 0 Å². The highest BCUT2D eigenvalue weighted by molar-refractivity contribution is 8.33. The SMILES string of the molecule is CCCCCCSc1ccc2cc(S3(OS(=O)(=O)C(F)(F)C(F)(F)C(F)(F)C(F)(F)F)CCCC3)ccc2c1. The van der Waals surface area contributed by atoms with Crippen LogP contribution in [0.2, 0.25) is 0 Å². The molecule has 0 aromatic heterocycles. The normalized spacial score (nSPS) is 18.0. The fraction of sp³-hybridized carbons (Fsp3) is 0.583. The Morgan fingerprint density at radius 3 is 2.00 bits per heavy atom. The second-order valence-electron chi connectivity index (χ2n) is 9.19. The summed E-state index contributed by atoms with van der Waals surface area (Å²) in [6.07, 6.45) is -2.26. The molecular formula is C24H27F9O3S3. The van der Waals surface area contributed by atoms with Crippen LogP contribution in [0, 0.1) is 0 Å². The summed E-state index contributed by atoms with van der Waals surface area (Å²) in [4.78, 5) is 1.04. The smallest absolute Gasteiger partial charge is 0.211 e. The standard InChI is InChI=1S/C24H27F9O3S3/c1-2-3-4-5-12-37-19-10-8-18-16-20(11-9-17(18)15-19)38(13-6-7-14-38)36-39(34,35)24(32,33)22(27,28)21(25,26)23(29,30)31/h8-11,15-16H,2-7,12-14H2,1H3. The number of hydrogen-bond acceptors (Lipinski definition) is 4. The van der Waals surface area contributed by atoms with Crippen molar-refractivity contribution >= 4 is 43.0 Å². The Morgan fingerprint density at radius 2 is 1.41 bits per heavy atom. The van der Waals surface area contributed by atoms with Crippen molar-refractivity contribution in [3.8, 4) is 0 Å². The Hall–Kier alpha value is -1.32. The first-order chi connectivity index (χ1) is 17.9. The first kappa shape index (κ1) is 32.2. The molecule has 3 rings (SSSR count). The second-order valence-corrected chi connectivity index (χ2v) is 15.2. The minimum atomic E-state index is -7.34. The van der Waals surface area contributed by atoms with Crippen LogP contribution in [0.4, 0.5) is 39.5 Å². The third-order valence-corrected chi connectivity index (χ3v) is 13.1. The molecule has 0 atom stereocenters. The van der Waals surface area contributed by atoms with Gasteiger partial charge in [-0.2, -0.15) is 47.9 Å². The maximum Gasteiger partial charge on any atom is 0.460 e. The quantitative estimate of drug-likeness (QED) is 0.133. The summed E-state index contributed by atoms with van der Waals surface area (Å²) in [6.45, 7) is 2.11. The lowest BCUT2D eigenvalue weighted by Crippen LogP contribution is -2.63. The number of alkyl halides is 9. The highest BCUT2D eigenvalue weighted by Crippen LogP contribution is 2.65. The third-order valence-electron chi connectivity index (χ3n) is 6.33. The van der Waals surface area contributed by atoms with Crippen molar-refractivity contribution in [2.75, 3.05) is 17.3 Å². The summed E-state index contributed by atoms with van der Waals surface area (Å²) >= 11 is 1.64. The molecule has 3 nitrogen and oxygen atoms in total. The van der Waals surface area contributed by atoms with Crippen molar-refractivity contribution in [3.05, 3.63) is 36.4 Å². The van der Waals surface area contributed by atoms with E-state index in [1.165, 1.54) is 12.1 Å². The largest absolute Gasteiger partial charge is 0.460 e. The van der Waals surface area contributed by atoms with Gasteiger partial charge in [-0.05, 0) is 60.1 Å². The first-order valence-corrected chi connectivity index (χ1v) is 16.3. The van der Waals surface area contributed by atoms with Crippen LogP contribution >= 0.6 is 22.1 Å². The molecule has 0 aliphatic carbocycles. The first-order valence-electron chi connectivity index (χ1n) is 12.0. The van der Waals surface area contributed by atoms with Crippen molar-refractivity contribution in [1.82, 2.24) is 0 Å². The molecule has 1 fully saturated rings. The number of rotatable bonds is 12. The predicted molar refractivity (Wildman–Crippen MR) is 135 cm³/mol. The number of unbranched alkanes of at least 4 members (excludes halogenated alkanes) is 3. The fourth-order valence-electron chi connectivity index (χ4n) is 4.09. The van der Waals surface area contributed by atoms with Crippen LogP contribution < -0.4 is 0 Å². The predicted octanol–water partition coefficient (Wildman–Crippen LogP) is 9.16. The van der Waals surface area contributed by atoms with Gasteiger partial charge in [0.15, 0.2) is 0 Å². The van der Waals surface area contributed by atoms with E-state index in [9.17, 15) is 47.9 Å². The van der Waals surface area contributed by atoms with Crippen molar-refractivity contribution in [2.45, 2.75) is 78.5 Å². The molecule has 0 unspecified atom stereocenters. The molecule has 1 saturated heterocycles. The minimum Gasteiger partial charge on any atom is -0.211 e. The van der Waals surface area contributed by atoms with E-state index in [0.29, 0.717) is 5.39 Å². The summed E-state index contributed by atoms with van der Waals surface area (Å²) < 4.78 is 150. The van der Waals surface area contributed by atoms with Gasteiger partial charge in [-0.15, -0.1) is 11.8 Å². The maximum atomic E-state index is 14.4. The lowest BCUT2D eigenvalue weighted by atomic mass is 10.1. The molecule has 0 radical (unpaired) electrons. The van der Waals surface area contributed by atoms with E-state index in [4.69, 9.17) is 0 Å². The zero-order chi connectivity index (χ0) is 29.3. The lowest BCUT2D eigenvalue weighted by Gasteiger charge is -2.38. The minimum absolute atomic E-state index is 0.0812. The van der Waals surface area contributed by atoms with Crippen LogP contribution in [-0.4, -0.2) is 49.0 Å². The van der Waals surface area contributed by atoms with E-state index >= 15 is 0 Å². The third kappa shape index (κ3) is 6.15. The molecule has 0 amide bonds. The van der Waals surface area contributed by atoms with Gasteiger partial charge < -0.3 is 0 Å². The Bertz CT molecular complexity index is 1260. The highest BCUT2D eigenvalue weighted by atomic mass is 32.3. The number of thioether (sulfide) groups is 1. The average molecular weight is 631 g/mol. The summed E-state index contributed by atoms with van der Waals surface area (Å²) in [5.41, 5.74) is 0. The molecular weight excluding hydrogens is 603 g/mol. The van der Waals surface area contributed by atoms with Gasteiger partial charge in [-0.25, -0.2) is 3.63 Å². The van der Waals surface area contributed by atoms with Crippen LogP contribution in [0.25, 0.3) is 10.8 Å². The van der Waals surface area contributed by atoms with Crippen LogP contribution in [0.3, 0.4) is 0 Å². The van der Waals surface area contributed by atoms with Crippen LogP contribution in [-0.2, 0) is 13.7 Å². The Balaban J connectivity index is 1.91. The molecule has 0 saturated carbocycles. The second kappa shape index (κ2) is 11.5. The zero-order valence-electron chi connectivity index (χ0n) is 20.7. The van der Waals surface area contributed by atoms with Gasteiger partial charge in [0.1, 0.15) is 0 Å². The van der Waals surface area contributed by atoms with Gasteiger partial charge in [-0.3, -0.25) is 0 Å². The van der Waals surface area contributed by atoms with E-state index < -0.39 is 43.7 Å². The van der Waals surface area contributed by atoms with Crippen molar-refractivity contribution < 1.29 is 51.6 Å². The van der Waals surface area contributed by atoms with Crippen molar-refractivity contribution in [2.24, 2.45) is 0 Å². The molecule has 0 bridgehead atoms. The van der Waals surface area contributed by atoms with E-state index in [0.717, 1.165) is 41.7 Å². The summed E-state index contributed by atoms with van der Waals surface area (Å²) in [5, 5.41) is -5.60. The molecule has 2 aromatic rings. The van der Waals surface area contributed by atoms with Crippen molar-refractivity contribution in [3.63, 3.8) is 0 Å². The summed E-state index contributed by atoms with van der Waals surface area (Å²) in [6, 6.07) is 9.77. The van der Waals surface area contributed by atoms with Crippen LogP contribution in [0.1, 0.15) is 45.4 Å². The van der Waals surface area contributed by atoms with Gasteiger partial charge in [-0.1, -0.05) is 48.6 Å². The molecule has 1 aliphatic heterocycles. The van der Waals surface area contributed by atoms with Gasteiger partial charge in [0, 0.05) is 21.3 Å². The Labute approximate surface area is 226 Å². The molecule has 1 heterocycles. The average Bonchev–Trinajstić information content (AvgIpc) is 3.31. The monoisotopic (exact) mass is 630 g/mol. The zero-order valence-corrected chi connectivity index (χ0v) is 23.1. The van der Waals surface area contributed by atoms with E-state index in [2.05, 4.69) is 10.6 Å². The van der Waals surface area contributed by atoms with Crippen molar-refractivity contribution in [1.29, 1.82) is 0 Å². The lowest BCUT2D eigenvalue weighted by molar-refractivity contribution is -0.382. The maximum absolute atomic E-state index is 14.4. The summed E-state index contributed by atoms with van der Waals surface area (Å²) in [5.74, 6) is -14.1. The fourth-order valence-corrected chi connectivity index (χ4v) is 10.7. The van der Waals surface area contributed by atoms with E-state index in [1.807, 2.05) is 6.07 Å². The number of hydrogen-bond donors (Lipinski definition) is 0. The van der Waals surface area contributed by atoms with Crippen LogP contribution in [0.15, 0.2) is 46.2 Å². The van der Waals surface area contributed by atoms with Crippen LogP contribution in [0.5, 0.6) is 0 Å². The number of fused-ring (bicyclic) bond motifs is 1. The molecule has 0 N–H and O–H groups in total. The molecule has 0 spiro atoms. The summed E-state index contributed by atoms with van der Waals surface area (Å²) in [7, 11) is -10.2. The topological polar surface area (TPSA) is 43.4 Å². The Kier molecular flexibility index (Phi) is 9.51. The van der Waals surface area contributed by atoms with Gasteiger partial charge in [0.05, 0.1) is 0 Å². The molecule has 222 valence electrons. The molecule has 39 heavy (non-hydrogen) atoms. The highest BCUT2D eigenvalue weighted by Gasteiger charge is 2.86. The van der Waals surface area contributed by atoms with Gasteiger partial charge >= 0.3 is 33.4 Å². The molecule has 2 aromatic carbocycles. The van der Waals surface area contributed by atoms with E-state index in [-0.39, 0.29) is 29.2 Å². The number of benzene rings is 2. The van der Waals surface area contributed by atoms with Gasteiger partial charge in [0.25, 0.3) is 0 Å². The molecule has 15 heteroatoms.